The Hall–Kier alpha value is -1.73. The molecule has 3 aliphatic rings. The smallest absolute Gasteiger partial charge is 0.161 e. The van der Waals surface area contributed by atoms with Gasteiger partial charge in [-0.15, -0.1) is 0 Å². The van der Waals surface area contributed by atoms with Gasteiger partial charge in [0.2, 0.25) is 0 Å². The summed E-state index contributed by atoms with van der Waals surface area (Å²) in [5.74, 6) is 2.56. The molecule has 0 aromatic heterocycles. The van der Waals surface area contributed by atoms with Gasteiger partial charge in [-0.3, -0.25) is 4.90 Å². The molecule has 2 heterocycles. The molecule has 1 saturated carbocycles. The normalized spacial score (nSPS) is 28.6. The second kappa shape index (κ2) is 7.25. The zero-order valence-corrected chi connectivity index (χ0v) is 15.1. The largest absolute Gasteiger partial charge is 0.489 e. The van der Waals surface area contributed by atoms with Crippen molar-refractivity contribution in [3.8, 4) is 17.6 Å². The fraction of sp³-hybridized carbons (Fsp3) is 0.667. The lowest BCUT2D eigenvalue weighted by Gasteiger charge is -2.38. The zero-order chi connectivity index (χ0) is 17.2. The first kappa shape index (κ1) is 16.7. The molecule has 1 aromatic carbocycles. The summed E-state index contributed by atoms with van der Waals surface area (Å²) in [5, 5.41) is 8.87. The Morgan fingerprint density at radius 3 is 2.56 bits per heavy atom. The molecule has 4 heteroatoms. The molecule has 1 unspecified atom stereocenters. The van der Waals surface area contributed by atoms with Gasteiger partial charge in [-0.1, -0.05) is 6.07 Å². The number of rotatable bonds is 7. The van der Waals surface area contributed by atoms with E-state index >= 15 is 0 Å². The lowest BCUT2D eigenvalue weighted by Crippen LogP contribution is -2.46. The molecule has 4 rings (SSSR count). The molecule has 4 nitrogen and oxygen atoms in total. The molecule has 0 spiro atoms. The number of hydrogen-bond donors (Lipinski definition) is 0. The number of piperidine rings is 1. The molecule has 134 valence electrons. The van der Waals surface area contributed by atoms with Gasteiger partial charge < -0.3 is 9.47 Å². The Labute approximate surface area is 150 Å². The summed E-state index contributed by atoms with van der Waals surface area (Å²) >= 11 is 0. The van der Waals surface area contributed by atoms with Crippen LogP contribution in [-0.2, 0) is 0 Å². The highest BCUT2D eigenvalue weighted by Gasteiger charge is 2.41. The fourth-order valence-corrected chi connectivity index (χ4v) is 4.36. The summed E-state index contributed by atoms with van der Waals surface area (Å²) in [5.41, 5.74) is 1.21. The van der Waals surface area contributed by atoms with Gasteiger partial charge in [0.05, 0.1) is 12.7 Å². The Bertz CT molecular complexity index is 636. The van der Waals surface area contributed by atoms with E-state index in [4.69, 9.17) is 14.7 Å². The minimum Gasteiger partial charge on any atom is -0.489 e. The van der Waals surface area contributed by atoms with Crippen LogP contribution in [-0.4, -0.2) is 36.2 Å². The van der Waals surface area contributed by atoms with Gasteiger partial charge >= 0.3 is 0 Å². The molecule has 1 aromatic rings. The van der Waals surface area contributed by atoms with E-state index in [0.29, 0.717) is 18.5 Å². The summed E-state index contributed by atoms with van der Waals surface area (Å²) in [4.78, 5) is 2.54. The van der Waals surface area contributed by atoms with Crippen molar-refractivity contribution in [2.45, 2.75) is 70.1 Å². The minimum atomic E-state index is 0.266. The van der Waals surface area contributed by atoms with Crippen molar-refractivity contribution in [3.63, 3.8) is 0 Å². The molecule has 0 radical (unpaired) electrons. The first-order chi connectivity index (χ1) is 12.2. The molecule has 2 saturated heterocycles. The molecule has 0 N–H and O–H groups in total. The summed E-state index contributed by atoms with van der Waals surface area (Å²) < 4.78 is 12.5. The second-order valence-corrected chi connectivity index (χ2v) is 7.95. The Morgan fingerprint density at radius 1 is 1.12 bits per heavy atom. The maximum atomic E-state index is 8.87. The van der Waals surface area contributed by atoms with Crippen LogP contribution in [0, 0.1) is 24.2 Å². The number of aryl methyl sites for hydroxylation is 1. The average molecular weight is 340 g/mol. The monoisotopic (exact) mass is 340 g/mol. The maximum Gasteiger partial charge on any atom is 0.161 e. The molecule has 1 aliphatic carbocycles. The van der Waals surface area contributed by atoms with E-state index < -0.39 is 0 Å². The van der Waals surface area contributed by atoms with Crippen molar-refractivity contribution in [2.24, 2.45) is 5.92 Å². The lowest BCUT2D eigenvalue weighted by molar-refractivity contribution is 0.0489. The number of benzene rings is 1. The Kier molecular flexibility index (Phi) is 4.85. The van der Waals surface area contributed by atoms with Crippen LogP contribution in [0.3, 0.4) is 0 Å². The zero-order valence-electron chi connectivity index (χ0n) is 15.1. The highest BCUT2D eigenvalue weighted by Crippen LogP contribution is 2.39. The third-order valence-corrected chi connectivity index (χ3v) is 5.89. The van der Waals surface area contributed by atoms with Gasteiger partial charge in [-0.25, -0.2) is 0 Å². The van der Waals surface area contributed by atoms with Gasteiger partial charge in [0.1, 0.15) is 6.10 Å². The van der Waals surface area contributed by atoms with Crippen molar-refractivity contribution >= 4 is 0 Å². The van der Waals surface area contributed by atoms with E-state index in [1.54, 1.807) is 0 Å². The standard InChI is InChI=1S/C21H28N2O2/c1-15-3-8-20(21(11-15)24-14-16-4-5-16)25-19-12-17-6-7-18(13-19)23(17)10-2-9-22/h3,8,11,16-19H,2,4-7,10,12-14H2,1H3/t17-,18+,19?. The SMILES string of the molecule is Cc1ccc(OC2C[C@H]3CC[C@@H](C2)N3CCC#N)c(OCC2CC2)c1. The highest BCUT2D eigenvalue weighted by molar-refractivity contribution is 5.43. The van der Waals surface area contributed by atoms with Crippen molar-refractivity contribution < 1.29 is 9.47 Å². The number of ether oxygens (including phenoxy) is 2. The quantitative estimate of drug-likeness (QED) is 0.750. The Morgan fingerprint density at radius 2 is 1.88 bits per heavy atom. The van der Waals surface area contributed by atoms with E-state index in [1.165, 1.54) is 31.2 Å². The third-order valence-electron chi connectivity index (χ3n) is 5.89. The molecule has 2 bridgehead atoms. The predicted molar refractivity (Wildman–Crippen MR) is 96.8 cm³/mol. The topological polar surface area (TPSA) is 45.5 Å². The van der Waals surface area contributed by atoms with Crippen LogP contribution in [0.25, 0.3) is 0 Å². The molecule has 3 atom stereocenters. The van der Waals surface area contributed by atoms with Gasteiger partial charge in [-0.05, 0) is 69.1 Å². The van der Waals surface area contributed by atoms with Crippen molar-refractivity contribution in [1.82, 2.24) is 4.90 Å². The van der Waals surface area contributed by atoms with Crippen LogP contribution in [0.2, 0.25) is 0 Å². The van der Waals surface area contributed by atoms with Crippen LogP contribution in [0.15, 0.2) is 18.2 Å². The van der Waals surface area contributed by atoms with Crippen LogP contribution in [0.4, 0.5) is 0 Å². The number of fused-ring (bicyclic) bond motifs is 2. The summed E-state index contributed by atoms with van der Waals surface area (Å²) in [6.45, 7) is 3.83. The Balaban J connectivity index is 1.40. The van der Waals surface area contributed by atoms with Gasteiger partial charge in [0, 0.05) is 25.0 Å². The number of hydrogen-bond acceptors (Lipinski definition) is 4. The van der Waals surface area contributed by atoms with E-state index in [1.807, 2.05) is 0 Å². The third kappa shape index (κ3) is 3.93. The van der Waals surface area contributed by atoms with Gasteiger partial charge in [-0.2, -0.15) is 5.26 Å². The average Bonchev–Trinajstić information content (AvgIpc) is 3.39. The van der Waals surface area contributed by atoms with Crippen molar-refractivity contribution in [1.29, 1.82) is 5.26 Å². The molecular weight excluding hydrogens is 312 g/mol. The summed E-state index contributed by atoms with van der Waals surface area (Å²) in [6, 6.07) is 9.73. The number of nitrogens with zero attached hydrogens (tertiary/aromatic N) is 2. The maximum absolute atomic E-state index is 8.87. The first-order valence-corrected chi connectivity index (χ1v) is 9.75. The highest BCUT2D eigenvalue weighted by atomic mass is 16.5. The molecule has 0 amide bonds. The van der Waals surface area contributed by atoms with Crippen LogP contribution in [0.1, 0.15) is 50.5 Å². The van der Waals surface area contributed by atoms with Crippen LogP contribution >= 0.6 is 0 Å². The van der Waals surface area contributed by atoms with Crippen molar-refractivity contribution in [2.75, 3.05) is 13.2 Å². The molecule has 3 fully saturated rings. The summed E-state index contributed by atoms with van der Waals surface area (Å²) in [6.07, 6.45) is 8.12. The van der Waals surface area contributed by atoms with E-state index in [9.17, 15) is 0 Å². The first-order valence-electron chi connectivity index (χ1n) is 9.75. The molecular formula is C21H28N2O2. The number of nitriles is 1. The predicted octanol–water partition coefficient (Wildman–Crippen LogP) is 4.07. The van der Waals surface area contributed by atoms with E-state index in [0.717, 1.165) is 43.4 Å². The van der Waals surface area contributed by atoms with Gasteiger partial charge in [0.25, 0.3) is 0 Å². The molecule has 25 heavy (non-hydrogen) atoms. The molecule has 2 aliphatic heterocycles. The van der Waals surface area contributed by atoms with E-state index in [2.05, 4.69) is 36.1 Å². The second-order valence-electron chi connectivity index (χ2n) is 7.95. The van der Waals surface area contributed by atoms with Crippen molar-refractivity contribution in [3.05, 3.63) is 23.8 Å². The minimum absolute atomic E-state index is 0.266. The lowest BCUT2D eigenvalue weighted by atomic mass is 9.99. The van der Waals surface area contributed by atoms with E-state index in [-0.39, 0.29) is 6.10 Å². The van der Waals surface area contributed by atoms with Crippen LogP contribution in [0.5, 0.6) is 11.5 Å². The summed E-state index contributed by atoms with van der Waals surface area (Å²) in [7, 11) is 0. The fourth-order valence-electron chi connectivity index (χ4n) is 4.36. The van der Waals surface area contributed by atoms with Gasteiger partial charge in [0.15, 0.2) is 11.5 Å². The van der Waals surface area contributed by atoms with Crippen LogP contribution < -0.4 is 9.47 Å².